The quantitative estimate of drug-likeness (QED) is 0.733. The highest BCUT2D eigenvalue weighted by molar-refractivity contribution is 5.75. The van der Waals surface area contributed by atoms with Crippen molar-refractivity contribution < 1.29 is 9.53 Å². The lowest BCUT2D eigenvalue weighted by Gasteiger charge is -2.31. The number of nitrogens with one attached hydrogen (secondary N) is 1. The van der Waals surface area contributed by atoms with Crippen molar-refractivity contribution in [3.63, 3.8) is 0 Å². The van der Waals surface area contributed by atoms with E-state index in [1.165, 1.54) is 39.2 Å². The molecule has 1 aliphatic rings. The second-order valence-corrected chi connectivity index (χ2v) is 4.79. The van der Waals surface area contributed by atoms with E-state index in [2.05, 4.69) is 12.2 Å². The molecular formula is C13H25NO2. The SMILES string of the molecule is CCC1CCCC(NC(CC)C(=O)OC)C1. The highest BCUT2D eigenvalue weighted by Gasteiger charge is 2.25. The van der Waals surface area contributed by atoms with E-state index in [0.717, 1.165) is 12.3 Å². The van der Waals surface area contributed by atoms with Crippen LogP contribution in [0.15, 0.2) is 0 Å². The number of ether oxygens (including phenoxy) is 1. The van der Waals surface area contributed by atoms with Gasteiger partial charge < -0.3 is 10.1 Å². The lowest BCUT2D eigenvalue weighted by Crippen LogP contribution is -2.45. The van der Waals surface area contributed by atoms with E-state index in [1.807, 2.05) is 6.92 Å². The first kappa shape index (κ1) is 13.5. The Morgan fingerprint density at radius 3 is 2.75 bits per heavy atom. The van der Waals surface area contributed by atoms with Crippen LogP contribution in [0.25, 0.3) is 0 Å². The molecule has 3 heteroatoms. The van der Waals surface area contributed by atoms with Crippen LogP contribution >= 0.6 is 0 Å². The number of hydrogen-bond acceptors (Lipinski definition) is 3. The highest BCUT2D eigenvalue weighted by atomic mass is 16.5. The Labute approximate surface area is 98.9 Å². The number of hydrogen-bond donors (Lipinski definition) is 1. The van der Waals surface area contributed by atoms with Crippen molar-refractivity contribution >= 4 is 5.97 Å². The summed E-state index contributed by atoms with van der Waals surface area (Å²) < 4.78 is 4.80. The number of carbonyl (C=O) groups is 1. The molecule has 0 radical (unpaired) electrons. The minimum absolute atomic E-state index is 0.120. The first-order valence-electron chi connectivity index (χ1n) is 6.55. The van der Waals surface area contributed by atoms with Gasteiger partial charge in [-0.05, 0) is 25.2 Å². The summed E-state index contributed by atoms with van der Waals surface area (Å²) in [7, 11) is 1.46. The Bertz CT molecular complexity index is 218. The summed E-state index contributed by atoms with van der Waals surface area (Å²) >= 11 is 0. The summed E-state index contributed by atoms with van der Waals surface area (Å²) in [5.74, 6) is 0.711. The topological polar surface area (TPSA) is 38.3 Å². The zero-order valence-electron chi connectivity index (χ0n) is 10.8. The number of methoxy groups -OCH3 is 1. The molecule has 0 aromatic heterocycles. The molecule has 1 aliphatic carbocycles. The van der Waals surface area contributed by atoms with Gasteiger partial charge >= 0.3 is 5.97 Å². The smallest absolute Gasteiger partial charge is 0.322 e. The zero-order valence-corrected chi connectivity index (χ0v) is 10.8. The van der Waals surface area contributed by atoms with Crippen molar-refractivity contribution in [2.45, 2.75) is 64.5 Å². The molecule has 0 aromatic rings. The standard InChI is InChI=1S/C13H25NO2/c1-4-10-7-6-8-11(9-10)14-12(5-2)13(15)16-3/h10-12,14H,4-9H2,1-3H3. The van der Waals surface area contributed by atoms with Crippen molar-refractivity contribution in [3.8, 4) is 0 Å². The third-order valence-electron chi connectivity index (χ3n) is 3.69. The van der Waals surface area contributed by atoms with Crippen molar-refractivity contribution in [2.75, 3.05) is 7.11 Å². The lowest BCUT2D eigenvalue weighted by atomic mass is 9.84. The first-order chi connectivity index (χ1) is 7.71. The van der Waals surface area contributed by atoms with E-state index in [1.54, 1.807) is 0 Å². The van der Waals surface area contributed by atoms with Gasteiger partial charge in [0.15, 0.2) is 0 Å². The Hall–Kier alpha value is -0.570. The molecule has 94 valence electrons. The van der Waals surface area contributed by atoms with Gasteiger partial charge in [-0.3, -0.25) is 4.79 Å². The Morgan fingerprint density at radius 2 is 2.19 bits per heavy atom. The van der Waals surface area contributed by atoms with Gasteiger partial charge in [0, 0.05) is 6.04 Å². The molecule has 3 nitrogen and oxygen atoms in total. The Kier molecular flexibility index (Phi) is 5.81. The molecule has 0 aliphatic heterocycles. The maximum Gasteiger partial charge on any atom is 0.322 e. The van der Waals surface area contributed by atoms with Crippen molar-refractivity contribution in [2.24, 2.45) is 5.92 Å². The van der Waals surface area contributed by atoms with Gasteiger partial charge in [-0.1, -0.05) is 33.1 Å². The van der Waals surface area contributed by atoms with Crippen LogP contribution in [0.1, 0.15) is 52.4 Å². The summed E-state index contributed by atoms with van der Waals surface area (Å²) in [6.07, 6.45) is 7.11. The number of esters is 1. The minimum atomic E-state index is -0.124. The first-order valence-corrected chi connectivity index (χ1v) is 6.55. The van der Waals surface area contributed by atoms with E-state index in [4.69, 9.17) is 4.74 Å². The summed E-state index contributed by atoms with van der Waals surface area (Å²) in [4.78, 5) is 11.5. The summed E-state index contributed by atoms with van der Waals surface area (Å²) in [6.45, 7) is 4.28. The lowest BCUT2D eigenvalue weighted by molar-refractivity contribution is -0.143. The van der Waals surface area contributed by atoms with Crippen molar-refractivity contribution in [1.82, 2.24) is 5.32 Å². The summed E-state index contributed by atoms with van der Waals surface area (Å²) in [5, 5.41) is 3.45. The molecular weight excluding hydrogens is 202 g/mol. The van der Waals surface area contributed by atoms with Gasteiger partial charge in [0.25, 0.3) is 0 Å². The second kappa shape index (κ2) is 6.89. The maximum atomic E-state index is 11.5. The molecule has 1 saturated carbocycles. The van der Waals surface area contributed by atoms with Gasteiger partial charge in [0.1, 0.15) is 6.04 Å². The van der Waals surface area contributed by atoms with Gasteiger partial charge in [-0.25, -0.2) is 0 Å². The van der Waals surface area contributed by atoms with Crippen molar-refractivity contribution in [1.29, 1.82) is 0 Å². The van der Waals surface area contributed by atoms with E-state index in [-0.39, 0.29) is 12.0 Å². The Balaban J connectivity index is 2.42. The predicted octanol–water partition coefficient (Wildman–Crippen LogP) is 2.50. The monoisotopic (exact) mass is 227 g/mol. The molecule has 0 spiro atoms. The second-order valence-electron chi connectivity index (χ2n) is 4.79. The molecule has 1 fully saturated rings. The summed E-state index contributed by atoms with van der Waals surface area (Å²) in [5.41, 5.74) is 0. The van der Waals surface area contributed by atoms with Crippen LogP contribution in [0, 0.1) is 5.92 Å². The largest absolute Gasteiger partial charge is 0.468 e. The molecule has 3 atom stereocenters. The van der Waals surface area contributed by atoms with Gasteiger partial charge in [0.05, 0.1) is 7.11 Å². The van der Waals surface area contributed by atoms with Gasteiger partial charge in [-0.2, -0.15) is 0 Å². The van der Waals surface area contributed by atoms with Crippen LogP contribution in [0.4, 0.5) is 0 Å². The molecule has 0 amide bonds. The average Bonchev–Trinajstić information content (AvgIpc) is 2.35. The number of carbonyl (C=O) groups excluding carboxylic acids is 1. The van der Waals surface area contributed by atoms with E-state index in [9.17, 15) is 4.79 Å². The number of rotatable bonds is 5. The van der Waals surface area contributed by atoms with Gasteiger partial charge in [-0.15, -0.1) is 0 Å². The van der Waals surface area contributed by atoms with Crippen LogP contribution < -0.4 is 5.32 Å². The molecule has 3 unspecified atom stereocenters. The zero-order chi connectivity index (χ0) is 12.0. The normalized spacial score (nSPS) is 27.4. The van der Waals surface area contributed by atoms with Gasteiger partial charge in [0.2, 0.25) is 0 Å². The van der Waals surface area contributed by atoms with E-state index >= 15 is 0 Å². The van der Waals surface area contributed by atoms with Crippen LogP contribution in [-0.2, 0) is 9.53 Å². The fourth-order valence-electron chi connectivity index (χ4n) is 2.59. The molecule has 0 saturated heterocycles. The molecule has 1 N–H and O–H groups in total. The molecule has 1 rings (SSSR count). The molecule has 16 heavy (non-hydrogen) atoms. The van der Waals surface area contributed by atoms with Crippen LogP contribution in [0.5, 0.6) is 0 Å². The highest BCUT2D eigenvalue weighted by Crippen LogP contribution is 2.26. The molecule has 0 bridgehead atoms. The van der Waals surface area contributed by atoms with E-state index < -0.39 is 0 Å². The predicted molar refractivity (Wildman–Crippen MR) is 65.3 cm³/mol. The Morgan fingerprint density at radius 1 is 1.44 bits per heavy atom. The fraction of sp³-hybridized carbons (Fsp3) is 0.923. The maximum absolute atomic E-state index is 11.5. The fourth-order valence-corrected chi connectivity index (χ4v) is 2.59. The third kappa shape index (κ3) is 3.78. The third-order valence-corrected chi connectivity index (χ3v) is 3.69. The molecule has 0 heterocycles. The molecule has 0 aromatic carbocycles. The van der Waals surface area contributed by atoms with Crippen LogP contribution in [0.2, 0.25) is 0 Å². The summed E-state index contributed by atoms with van der Waals surface area (Å²) in [6, 6.07) is 0.383. The van der Waals surface area contributed by atoms with Crippen LogP contribution in [-0.4, -0.2) is 25.2 Å². The van der Waals surface area contributed by atoms with Crippen molar-refractivity contribution in [3.05, 3.63) is 0 Å². The minimum Gasteiger partial charge on any atom is -0.468 e. The average molecular weight is 227 g/mol. The van der Waals surface area contributed by atoms with E-state index in [0.29, 0.717) is 6.04 Å². The van der Waals surface area contributed by atoms with Crippen LogP contribution in [0.3, 0.4) is 0 Å².